The van der Waals surface area contributed by atoms with Crippen LogP contribution < -0.4 is 0 Å². The zero-order valence-corrected chi connectivity index (χ0v) is 22.7. The molecular formula is C28H46F4O3. The lowest BCUT2D eigenvalue weighted by Crippen LogP contribution is -2.51. The second kappa shape index (κ2) is 15.8. The van der Waals surface area contributed by atoms with E-state index in [1.807, 2.05) is 41.5 Å². The Morgan fingerprint density at radius 1 is 0.657 bits per heavy atom. The lowest BCUT2D eigenvalue weighted by molar-refractivity contribution is -0.433. The molecule has 0 heterocycles. The monoisotopic (exact) mass is 506 g/mol. The number of unbranched alkanes of at least 4 members (excludes halogenated alkanes) is 5. The third kappa shape index (κ3) is 10.8. The van der Waals surface area contributed by atoms with E-state index in [1.165, 1.54) is 19.3 Å². The average molecular weight is 507 g/mol. The van der Waals surface area contributed by atoms with E-state index in [9.17, 15) is 17.6 Å². The van der Waals surface area contributed by atoms with Gasteiger partial charge in [-0.15, -0.1) is 0 Å². The van der Waals surface area contributed by atoms with Crippen LogP contribution in [0.1, 0.15) is 112 Å². The summed E-state index contributed by atoms with van der Waals surface area (Å²) in [5, 5.41) is 0. The zero-order valence-electron chi connectivity index (χ0n) is 22.7. The van der Waals surface area contributed by atoms with Gasteiger partial charge in [0.15, 0.2) is 23.3 Å². The van der Waals surface area contributed by atoms with Crippen molar-refractivity contribution in [2.24, 2.45) is 5.92 Å². The van der Waals surface area contributed by atoms with Crippen LogP contribution in [-0.4, -0.2) is 24.3 Å². The van der Waals surface area contributed by atoms with Gasteiger partial charge < -0.3 is 14.2 Å². The lowest BCUT2D eigenvalue weighted by Gasteiger charge is -2.43. The Bertz CT molecular complexity index is 711. The highest BCUT2D eigenvalue weighted by atomic mass is 19.2. The second-order valence-corrected chi connectivity index (χ2v) is 10.2. The summed E-state index contributed by atoms with van der Waals surface area (Å²) < 4.78 is 73.9. The highest BCUT2D eigenvalue weighted by Crippen LogP contribution is 2.37. The third-order valence-corrected chi connectivity index (χ3v) is 5.78. The molecule has 0 aliphatic heterocycles. The van der Waals surface area contributed by atoms with Crippen molar-refractivity contribution in [3.63, 3.8) is 0 Å². The molecule has 0 amide bonds. The van der Waals surface area contributed by atoms with Crippen molar-refractivity contribution in [1.29, 1.82) is 0 Å². The van der Waals surface area contributed by atoms with Crippen LogP contribution in [0.2, 0.25) is 0 Å². The summed E-state index contributed by atoms with van der Waals surface area (Å²) in [5.74, 6) is -7.75. The molecule has 1 unspecified atom stereocenters. The van der Waals surface area contributed by atoms with Crippen LogP contribution in [0, 0.1) is 29.2 Å². The normalized spacial score (nSPS) is 13.4. The van der Waals surface area contributed by atoms with Crippen LogP contribution in [-0.2, 0) is 20.6 Å². The zero-order chi connectivity index (χ0) is 26.6. The molecule has 0 bridgehead atoms. The van der Waals surface area contributed by atoms with E-state index in [2.05, 4.69) is 6.92 Å². The summed E-state index contributed by atoms with van der Waals surface area (Å²) in [6, 6.07) is 0.740. The smallest absolute Gasteiger partial charge is 0.286 e. The van der Waals surface area contributed by atoms with Gasteiger partial charge in [0.1, 0.15) is 0 Å². The fraction of sp³-hybridized carbons (Fsp3) is 0.786. The molecule has 1 aromatic carbocycles. The number of aryl methyl sites for hydroxylation is 1. The lowest BCUT2D eigenvalue weighted by atomic mass is 9.91. The van der Waals surface area contributed by atoms with E-state index >= 15 is 0 Å². The average Bonchev–Trinajstić information content (AvgIpc) is 2.75. The van der Waals surface area contributed by atoms with E-state index in [1.54, 1.807) is 0 Å². The first-order valence-corrected chi connectivity index (χ1v) is 13.3. The molecular weight excluding hydrogens is 460 g/mol. The minimum Gasteiger partial charge on any atom is -0.324 e. The summed E-state index contributed by atoms with van der Waals surface area (Å²) in [7, 11) is 0. The quantitative estimate of drug-likeness (QED) is 0.0654. The third-order valence-electron chi connectivity index (χ3n) is 5.78. The summed E-state index contributed by atoms with van der Waals surface area (Å²) in [6.45, 7) is 13.7. The number of ether oxygens (including phenoxy) is 3. The molecule has 0 saturated heterocycles. The van der Waals surface area contributed by atoms with Crippen molar-refractivity contribution in [2.75, 3.05) is 0 Å². The highest BCUT2D eigenvalue weighted by molar-refractivity contribution is 5.21. The van der Waals surface area contributed by atoms with Crippen LogP contribution in [0.25, 0.3) is 0 Å². The highest BCUT2D eigenvalue weighted by Gasteiger charge is 2.44. The maximum atomic E-state index is 14.2. The van der Waals surface area contributed by atoms with Crippen LogP contribution in [0.4, 0.5) is 17.6 Å². The molecule has 3 nitrogen and oxygen atoms in total. The van der Waals surface area contributed by atoms with Gasteiger partial charge in [0.25, 0.3) is 5.97 Å². The van der Waals surface area contributed by atoms with E-state index in [0.29, 0.717) is 12.8 Å². The second-order valence-electron chi connectivity index (χ2n) is 10.2. The standard InChI is InChI=1S/C28H46F4O3/c1-8-9-10-11-12-13-16-23(28(33-19(2)3,34-20(4)5)35-21(6)7)17-14-15-22-18-24(29)26(31)27(32)25(22)30/h18-21,23H,8-17H2,1-7H3. The van der Waals surface area contributed by atoms with Gasteiger partial charge in [-0.3, -0.25) is 0 Å². The Labute approximate surface area is 209 Å². The van der Waals surface area contributed by atoms with Gasteiger partial charge >= 0.3 is 0 Å². The molecule has 0 radical (unpaired) electrons. The Hall–Kier alpha value is -1.18. The molecule has 0 aliphatic rings. The van der Waals surface area contributed by atoms with Gasteiger partial charge in [-0.25, -0.2) is 17.6 Å². The minimum absolute atomic E-state index is 0.0636. The van der Waals surface area contributed by atoms with Gasteiger partial charge in [0, 0.05) is 5.92 Å². The van der Waals surface area contributed by atoms with Crippen molar-refractivity contribution < 1.29 is 31.8 Å². The largest absolute Gasteiger partial charge is 0.324 e. The van der Waals surface area contributed by atoms with Crippen LogP contribution in [0.3, 0.4) is 0 Å². The molecule has 204 valence electrons. The first kappa shape index (κ1) is 31.8. The van der Waals surface area contributed by atoms with Crippen LogP contribution in [0.15, 0.2) is 6.07 Å². The molecule has 0 fully saturated rings. The van der Waals surface area contributed by atoms with Crippen LogP contribution >= 0.6 is 0 Å². The van der Waals surface area contributed by atoms with Crippen molar-refractivity contribution in [3.8, 4) is 0 Å². The maximum absolute atomic E-state index is 14.2. The summed E-state index contributed by atoms with van der Waals surface area (Å²) in [6.07, 6.45) is 8.03. The topological polar surface area (TPSA) is 27.7 Å². The first-order valence-electron chi connectivity index (χ1n) is 13.3. The van der Waals surface area contributed by atoms with E-state index in [-0.39, 0.29) is 36.2 Å². The Kier molecular flexibility index (Phi) is 14.4. The number of halogens is 4. The minimum atomic E-state index is -1.78. The van der Waals surface area contributed by atoms with E-state index in [4.69, 9.17) is 14.2 Å². The Morgan fingerprint density at radius 3 is 1.66 bits per heavy atom. The summed E-state index contributed by atoms with van der Waals surface area (Å²) in [5.41, 5.74) is -0.176. The fourth-order valence-electron chi connectivity index (χ4n) is 4.37. The van der Waals surface area contributed by atoms with Gasteiger partial charge in [-0.2, -0.15) is 0 Å². The Morgan fingerprint density at radius 2 is 1.14 bits per heavy atom. The number of hydrogen-bond acceptors (Lipinski definition) is 3. The molecule has 35 heavy (non-hydrogen) atoms. The Balaban J connectivity index is 3.12. The van der Waals surface area contributed by atoms with Crippen molar-refractivity contribution in [1.82, 2.24) is 0 Å². The van der Waals surface area contributed by atoms with Crippen molar-refractivity contribution >= 4 is 0 Å². The molecule has 0 aliphatic carbocycles. The summed E-state index contributed by atoms with van der Waals surface area (Å²) >= 11 is 0. The predicted molar refractivity (Wildman–Crippen MR) is 132 cm³/mol. The molecule has 1 rings (SSSR count). The molecule has 0 N–H and O–H groups in total. The SMILES string of the molecule is CCCCCCCCC(CCCc1cc(F)c(F)c(F)c1F)C(OC(C)C)(OC(C)C)OC(C)C. The van der Waals surface area contributed by atoms with E-state index in [0.717, 1.165) is 31.7 Å². The molecule has 0 spiro atoms. The van der Waals surface area contributed by atoms with Gasteiger partial charge in [0.2, 0.25) is 0 Å². The first-order chi connectivity index (χ1) is 16.4. The van der Waals surface area contributed by atoms with Crippen molar-refractivity contribution in [3.05, 3.63) is 34.9 Å². The molecule has 0 aromatic heterocycles. The van der Waals surface area contributed by atoms with Crippen molar-refractivity contribution in [2.45, 2.75) is 137 Å². The number of rotatable bonds is 18. The molecule has 1 atom stereocenters. The van der Waals surface area contributed by atoms with Crippen LogP contribution in [0.5, 0.6) is 0 Å². The fourth-order valence-corrected chi connectivity index (χ4v) is 4.37. The predicted octanol–water partition coefficient (Wildman–Crippen LogP) is 8.86. The molecule has 1 aromatic rings. The van der Waals surface area contributed by atoms with Gasteiger partial charge in [-0.05, 0) is 78.9 Å². The molecule has 7 heteroatoms. The number of hydrogen-bond donors (Lipinski definition) is 0. The maximum Gasteiger partial charge on any atom is 0.286 e. The number of benzene rings is 1. The molecule has 0 saturated carbocycles. The summed E-state index contributed by atoms with van der Waals surface area (Å²) in [4.78, 5) is 0. The van der Waals surface area contributed by atoms with Gasteiger partial charge in [-0.1, -0.05) is 45.4 Å². The van der Waals surface area contributed by atoms with E-state index < -0.39 is 29.2 Å². The van der Waals surface area contributed by atoms with Gasteiger partial charge in [0.05, 0.1) is 18.3 Å².